The summed E-state index contributed by atoms with van der Waals surface area (Å²) in [4.78, 5) is 28.9. The van der Waals surface area contributed by atoms with Crippen LogP contribution in [0.4, 0.5) is 5.69 Å². The predicted molar refractivity (Wildman–Crippen MR) is 97.5 cm³/mol. The van der Waals surface area contributed by atoms with E-state index in [9.17, 15) is 9.59 Å². The maximum Gasteiger partial charge on any atom is 0.228 e. The zero-order chi connectivity index (χ0) is 17.4. The molecule has 5 heteroatoms. The van der Waals surface area contributed by atoms with Gasteiger partial charge in [-0.25, -0.2) is 0 Å². The van der Waals surface area contributed by atoms with Gasteiger partial charge >= 0.3 is 0 Å². The third kappa shape index (κ3) is 3.14. The average molecular weight is 355 g/mol. The highest BCUT2D eigenvalue weighted by Crippen LogP contribution is 2.29. The molecule has 128 valence electrons. The highest BCUT2D eigenvalue weighted by Gasteiger charge is 2.37. The molecule has 1 fully saturated rings. The Morgan fingerprint density at radius 2 is 1.76 bits per heavy atom. The van der Waals surface area contributed by atoms with Gasteiger partial charge in [-0.05, 0) is 41.8 Å². The number of halogens is 1. The molecule has 0 radical (unpaired) electrons. The quantitative estimate of drug-likeness (QED) is 0.830. The zero-order valence-electron chi connectivity index (χ0n) is 13.8. The van der Waals surface area contributed by atoms with Crippen LogP contribution in [0.5, 0.6) is 0 Å². The van der Waals surface area contributed by atoms with Crippen LogP contribution in [0.1, 0.15) is 17.5 Å². The number of amides is 2. The molecular weight excluding hydrogens is 336 g/mol. The van der Waals surface area contributed by atoms with E-state index in [1.807, 2.05) is 29.2 Å². The van der Waals surface area contributed by atoms with Gasteiger partial charge < -0.3 is 9.80 Å². The van der Waals surface area contributed by atoms with Crippen molar-refractivity contribution in [3.05, 3.63) is 64.7 Å². The first kappa shape index (κ1) is 16.2. The third-order valence-corrected chi connectivity index (χ3v) is 5.31. The minimum Gasteiger partial charge on any atom is -0.338 e. The highest BCUT2D eigenvalue weighted by molar-refractivity contribution is 6.30. The SMILES string of the molecule is O=C([C@@H]1CC(=O)N(c2ccc(Cl)cc2)C1)N1CCc2ccccc2C1. The lowest BCUT2D eigenvalue weighted by Crippen LogP contribution is -2.40. The van der Waals surface area contributed by atoms with Crippen molar-refractivity contribution in [3.8, 4) is 0 Å². The van der Waals surface area contributed by atoms with Crippen LogP contribution in [-0.2, 0) is 22.6 Å². The molecule has 0 unspecified atom stereocenters. The van der Waals surface area contributed by atoms with Crippen LogP contribution in [0.25, 0.3) is 0 Å². The average Bonchev–Trinajstić information content (AvgIpc) is 3.03. The van der Waals surface area contributed by atoms with Gasteiger partial charge in [0.25, 0.3) is 0 Å². The summed E-state index contributed by atoms with van der Waals surface area (Å²) in [5.41, 5.74) is 3.33. The van der Waals surface area contributed by atoms with Crippen LogP contribution in [0.3, 0.4) is 0 Å². The molecule has 4 nitrogen and oxygen atoms in total. The van der Waals surface area contributed by atoms with Gasteiger partial charge in [-0.15, -0.1) is 0 Å². The van der Waals surface area contributed by atoms with Gasteiger partial charge in [0.15, 0.2) is 0 Å². The zero-order valence-corrected chi connectivity index (χ0v) is 14.6. The predicted octanol–water partition coefficient (Wildman–Crippen LogP) is 3.28. The first-order valence-corrected chi connectivity index (χ1v) is 8.91. The first-order valence-electron chi connectivity index (χ1n) is 8.53. The number of hydrogen-bond acceptors (Lipinski definition) is 2. The summed E-state index contributed by atoms with van der Waals surface area (Å²) >= 11 is 5.91. The molecule has 4 rings (SSSR count). The Kier molecular flexibility index (Phi) is 4.22. The van der Waals surface area contributed by atoms with E-state index in [-0.39, 0.29) is 24.2 Å². The van der Waals surface area contributed by atoms with E-state index >= 15 is 0 Å². The van der Waals surface area contributed by atoms with Crippen LogP contribution in [0.15, 0.2) is 48.5 Å². The topological polar surface area (TPSA) is 40.6 Å². The fourth-order valence-corrected chi connectivity index (χ4v) is 3.81. The Morgan fingerprint density at radius 3 is 2.52 bits per heavy atom. The van der Waals surface area contributed by atoms with E-state index in [1.54, 1.807) is 17.0 Å². The van der Waals surface area contributed by atoms with Crippen LogP contribution >= 0.6 is 11.6 Å². The van der Waals surface area contributed by atoms with Crippen molar-refractivity contribution < 1.29 is 9.59 Å². The fraction of sp³-hybridized carbons (Fsp3) is 0.300. The summed E-state index contributed by atoms with van der Waals surface area (Å²) in [6.07, 6.45) is 1.16. The number of rotatable bonds is 2. The number of anilines is 1. The van der Waals surface area contributed by atoms with E-state index in [1.165, 1.54) is 11.1 Å². The summed E-state index contributed by atoms with van der Waals surface area (Å²) in [6, 6.07) is 15.4. The number of fused-ring (bicyclic) bond motifs is 1. The lowest BCUT2D eigenvalue weighted by molar-refractivity contribution is -0.136. The monoisotopic (exact) mass is 354 g/mol. The maximum absolute atomic E-state index is 12.9. The molecule has 1 atom stereocenters. The summed E-state index contributed by atoms with van der Waals surface area (Å²) in [6.45, 7) is 1.81. The molecule has 1 saturated heterocycles. The van der Waals surface area contributed by atoms with Crippen molar-refractivity contribution in [2.75, 3.05) is 18.0 Å². The van der Waals surface area contributed by atoms with Gasteiger partial charge in [-0.2, -0.15) is 0 Å². The Bertz CT molecular complexity index is 819. The van der Waals surface area contributed by atoms with E-state index < -0.39 is 0 Å². The van der Waals surface area contributed by atoms with Crippen LogP contribution in [-0.4, -0.2) is 29.8 Å². The van der Waals surface area contributed by atoms with Crippen molar-refractivity contribution in [2.24, 2.45) is 5.92 Å². The van der Waals surface area contributed by atoms with E-state index in [0.717, 1.165) is 18.7 Å². The Balaban J connectivity index is 1.47. The first-order chi connectivity index (χ1) is 12.1. The Morgan fingerprint density at radius 1 is 1.04 bits per heavy atom. The standard InChI is InChI=1S/C20H19ClN2O2/c21-17-5-7-18(8-6-17)23-13-16(11-19(23)24)20(25)22-10-9-14-3-1-2-4-15(14)12-22/h1-8,16H,9-13H2/t16-/m1/s1. The number of nitrogens with zero attached hydrogens (tertiary/aromatic N) is 2. The Hall–Kier alpha value is -2.33. The molecule has 2 heterocycles. The second-order valence-electron chi connectivity index (χ2n) is 6.66. The van der Waals surface area contributed by atoms with Crippen LogP contribution < -0.4 is 4.90 Å². The van der Waals surface area contributed by atoms with Crippen LogP contribution in [0, 0.1) is 5.92 Å². The van der Waals surface area contributed by atoms with Gasteiger partial charge in [-0.1, -0.05) is 35.9 Å². The minimum atomic E-state index is -0.270. The largest absolute Gasteiger partial charge is 0.338 e. The molecule has 0 aromatic heterocycles. The van der Waals surface area contributed by atoms with Crippen molar-refractivity contribution in [1.29, 1.82) is 0 Å². The fourth-order valence-electron chi connectivity index (χ4n) is 3.69. The van der Waals surface area contributed by atoms with Gasteiger partial charge in [0.1, 0.15) is 0 Å². The number of benzene rings is 2. The molecule has 0 saturated carbocycles. The van der Waals surface area contributed by atoms with Gasteiger partial charge in [0.2, 0.25) is 11.8 Å². The number of carbonyl (C=O) groups is 2. The third-order valence-electron chi connectivity index (χ3n) is 5.05. The molecular formula is C20H19ClN2O2. The van der Waals surface area contributed by atoms with E-state index in [0.29, 0.717) is 18.1 Å². The summed E-state index contributed by atoms with van der Waals surface area (Å²) in [7, 11) is 0. The molecule has 0 N–H and O–H groups in total. The molecule has 2 aromatic rings. The molecule has 2 amide bonds. The molecule has 0 aliphatic carbocycles. The van der Waals surface area contributed by atoms with Crippen molar-refractivity contribution in [1.82, 2.24) is 4.90 Å². The molecule has 2 aliphatic rings. The summed E-state index contributed by atoms with van der Waals surface area (Å²) < 4.78 is 0. The minimum absolute atomic E-state index is 0.00178. The molecule has 25 heavy (non-hydrogen) atoms. The molecule has 2 aliphatic heterocycles. The van der Waals surface area contributed by atoms with E-state index in [4.69, 9.17) is 11.6 Å². The maximum atomic E-state index is 12.9. The Labute approximate surface area is 152 Å². The lowest BCUT2D eigenvalue weighted by Gasteiger charge is -2.30. The normalized spacial score (nSPS) is 19.9. The van der Waals surface area contributed by atoms with Gasteiger partial charge in [0.05, 0.1) is 5.92 Å². The number of carbonyl (C=O) groups excluding carboxylic acids is 2. The molecule has 0 bridgehead atoms. The van der Waals surface area contributed by atoms with Gasteiger partial charge in [-0.3, -0.25) is 9.59 Å². The van der Waals surface area contributed by atoms with E-state index in [2.05, 4.69) is 12.1 Å². The van der Waals surface area contributed by atoms with Crippen LogP contribution in [0.2, 0.25) is 5.02 Å². The molecule has 0 spiro atoms. The lowest BCUT2D eigenvalue weighted by atomic mass is 9.98. The van der Waals surface area contributed by atoms with Crippen molar-refractivity contribution in [2.45, 2.75) is 19.4 Å². The van der Waals surface area contributed by atoms with Gasteiger partial charge in [0, 0.05) is 36.8 Å². The second-order valence-corrected chi connectivity index (χ2v) is 7.10. The highest BCUT2D eigenvalue weighted by atomic mass is 35.5. The second kappa shape index (κ2) is 6.52. The summed E-state index contributed by atoms with van der Waals surface area (Å²) in [5.74, 6) is -0.189. The summed E-state index contributed by atoms with van der Waals surface area (Å²) in [5, 5.41) is 0.634. The number of hydrogen-bond donors (Lipinski definition) is 0. The van der Waals surface area contributed by atoms with Crippen molar-refractivity contribution in [3.63, 3.8) is 0 Å². The molecule has 2 aromatic carbocycles. The van der Waals surface area contributed by atoms with Crippen molar-refractivity contribution >= 4 is 29.1 Å². The smallest absolute Gasteiger partial charge is 0.228 e.